The van der Waals surface area contributed by atoms with E-state index in [-0.39, 0.29) is 5.91 Å². The number of para-hydroxylation sites is 1. The summed E-state index contributed by atoms with van der Waals surface area (Å²) in [4.78, 5) is 21.1. The summed E-state index contributed by atoms with van der Waals surface area (Å²) < 4.78 is 1.84. The van der Waals surface area contributed by atoms with Gasteiger partial charge in [-0.1, -0.05) is 24.3 Å². The van der Waals surface area contributed by atoms with Crippen molar-refractivity contribution < 1.29 is 4.79 Å². The van der Waals surface area contributed by atoms with Crippen LogP contribution in [0, 0.1) is 0 Å². The van der Waals surface area contributed by atoms with E-state index >= 15 is 0 Å². The average molecular weight is 376 g/mol. The number of nitrogens with zero attached hydrogens (tertiary/aromatic N) is 4. The highest BCUT2D eigenvalue weighted by molar-refractivity contribution is 7.13. The number of carbonyl (C=O) groups is 1. The molecule has 1 aromatic carbocycles. The molecule has 6 heteroatoms. The number of benzene rings is 1. The highest BCUT2D eigenvalue weighted by Crippen LogP contribution is 2.29. The summed E-state index contributed by atoms with van der Waals surface area (Å²) in [7, 11) is 0. The first-order chi connectivity index (χ1) is 13.2. The summed E-state index contributed by atoms with van der Waals surface area (Å²) in [5.41, 5.74) is 3.07. The minimum Gasteiger partial charge on any atom is -0.309 e. The van der Waals surface area contributed by atoms with Crippen LogP contribution < -0.4 is 4.90 Å². The molecule has 0 atom stereocenters. The molecular weight excluding hydrogens is 356 g/mol. The average Bonchev–Trinajstić information content (AvgIpc) is 3.38. The Bertz CT molecular complexity index is 1070. The van der Waals surface area contributed by atoms with Gasteiger partial charge in [0.15, 0.2) is 5.65 Å². The molecule has 0 aliphatic heterocycles. The number of hydrogen-bond acceptors (Lipinski definition) is 4. The minimum absolute atomic E-state index is 0.0374. The fourth-order valence-electron chi connectivity index (χ4n) is 3.20. The molecule has 0 saturated heterocycles. The number of fused-ring (bicyclic) bond motifs is 1. The Morgan fingerprint density at radius 1 is 1.15 bits per heavy atom. The highest BCUT2D eigenvalue weighted by atomic mass is 32.1. The molecule has 27 heavy (non-hydrogen) atoms. The van der Waals surface area contributed by atoms with Crippen LogP contribution in [0.3, 0.4) is 0 Å². The molecule has 3 aromatic heterocycles. The summed E-state index contributed by atoms with van der Waals surface area (Å²) in [6, 6.07) is 15.7. The summed E-state index contributed by atoms with van der Waals surface area (Å²) in [6.45, 7) is 5.30. The predicted octanol–water partition coefficient (Wildman–Crippen LogP) is 4.85. The lowest BCUT2D eigenvalue weighted by Crippen LogP contribution is -2.30. The zero-order valence-corrected chi connectivity index (χ0v) is 16.1. The van der Waals surface area contributed by atoms with Crippen molar-refractivity contribution in [3.05, 3.63) is 65.7 Å². The van der Waals surface area contributed by atoms with Crippen molar-refractivity contribution >= 4 is 34.0 Å². The second-order valence-corrected chi connectivity index (χ2v) is 7.06. The number of hydrogen-bond donors (Lipinski definition) is 0. The largest absolute Gasteiger partial charge is 0.309 e. The highest BCUT2D eigenvalue weighted by Gasteiger charge is 2.22. The number of aryl methyl sites for hydroxylation is 1. The van der Waals surface area contributed by atoms with Gasteiger partial charge >= 0.3 is 0 Å². The molecule has 1 amide bonds. The van der Waals surface area contributed by atoms with Crippen LogP contribution in [0.1, 0.15) is 24.2 Å². The van der Waals surface area contributed by atoms with Crippen LogP contribution >= 0.6 is 11.3 Å². The molecule has 0 saturated carbocycles. The molecule has 5 nitrogen and oxygen atoms in total. The number of anilines is 1. The van der Waals surface area contributed by atoms with Gasteiger partial charge in [0.25, 0.3) is 5.91 Å². The third-order valence-electron chi connectivity index (χ3n) is 4.54. The summed E-state index contributed by atoms with van der Waals surface area (Å²) >= 11 is 1.61. The number of rotatable bonds is 5. The monoisotopic (exact) mass is 376 g/mol. The molecule has 4 aromatic rings. The van der Waals surface area contributed by atoms with Crippen molar-refractivity contribution in [2.45, 2.75) is 20.4 Å². The van der Waals surface area contributed by atoms with Crippen LogP contribution in [-0.2, 0) is 6.54 Å². The Hall–Kier alpha value is -2.99. The van der Waals surface area contributed by atoms with Gasteiger partial charge in [-0.05, 0) is 43.5 Å². The second-order valence-electron chi connectivity index (χ2n) is 6.11. The van der Waals surface area contributed by atoms with Gasteiger partial charge in [0.05, 0.1) is 27.7 Å². The second kappa shape index (κ2) is 7.32. The predicted molar refractivity (Wildman–Crippen MR) is 110 cm³/mol. The number of pyridine rings is 1. The third kappa shape index (κ3) is 3.13. The summed E-state index contributed by atoms with van der Waals surface area (Å²) in [6.07, 6.45) is 1.75. The summed E-state index contributed by atoms with van der Waals surface area (Å²) in [5, 5.41) is 7.23. The molecular formula is C21H20N4OS. The lowest BCUT2D eigenvalue weighted by atomic mass is 10.1. The van der Waals surface area contributed by atoms with Crippen LogP contribution in [-0.4, -0.2) is 27.2 Å². The Labute approximate surface area is 161 Å². The third-order valence-corrected chi connectivity index (χ3v) is 5.43. The van der Waals surface area contributed by atoms with Crippen molar-refractivity contribution in [3.63, 3.8) is 0 Å². The SMILES string of the molecule is CCN(C(=O)c1cc(-c2cccs2)nc2c1cnn2CC)c1ccccc1. The first kappa shape index (κ1) is 17.4. The van der Waals surface area contributed by atoms with Crippen LogP contribution in [0.25, 0.3) is 21.6 Å². The van der Waals surface area contributed by atoms with Crippen molar-refractivity contribution in [2.24, 2.45) is 0 Å². The molecule has 0 unspecified atom stereocenters. The van der Waals surface area contributed by atoms with Gasteiger partial charge in [-0.25, -0.2) is 9.67 Å². The maximum Gasteiger partial charge on any atom is 0.259 e. The van der Waals surface area contributed by atoms with Crippen molar-refractivity contribution in [1.82, 2.24) is 14.8 Å². The molecule has 0 fully saturated rings. The molecule has 0 bridgehead atoms. The Morgan fingerprint density at radius 2 is 1.96 bits per heavy atom. The molecule has 0 aliphatic rings. The maximum absolute atomic E-state index is 13.5. The quantitative estimate of drug-likeness (QED) is 0.500. The zero-order chi connectivity index (χ0) is 18.8. The number of aromatic nitrogens is 3. The number of thiophene rings is 1. The van der Waals surface area contributed by atoms with Crippen LogP contribution in [0.5, 0.6) is 0 Å². The van der Waals surface area contributed by atoms with Crippen molar-refractivity contribution in [1.29, 1.82) is 0 Å². The molecule has 3 heterocycles. The normalized spacial score (nSPS) is 11.0. The lowest BCUT2D eigenvalue weighted by molar-refractivity contribution is 0.0990. The fraction of sp³-hybridized carbons (Fsp3) is 0.190. The number of carbonyl (C=O) groups excluding carboxylic acids is 1. The van der Waals surface area contributed by atoms with E-state index in [1.54, 1.807) is 22.4 Å². The van der Waals surface area contributed by atoms with Gasteiger partial charge < -0.3 is 4.90 Å². The van der Waals surface area contributed by atoms with Crippen molar-refractivity contribution in [2.75, 3.05) is 11.4 Å². The van der Waals surface area contributed by atoms with E-state index in [0.717, 1.165) is 27.3 Å². The zero-order valence-electron chi connectivity index (χ0n) is 15.3. The Balaban J connectivity index is 1.89. The first-order valence-electron chi connectivity index (χ1n) is 9.00. The van der Waals surface area contributed by atoms with Crippen LogP contribution in [0.15, 0.2) is 60.1 Å². The Morgan fingerprint density at radius 3 is 2.63 bits per heavy atom. The molecule has 0 radical (unpaired) electrons. The molecule has 0 spiro atoms. The number of amides is 1. The minimum atomic E-state index is -0.0374. The van der Waals surface area contributed by atoms with Gasteiger partial charge in [-0.2, -0.15) is 5.10 Å². The van der Waals surface area contributed by atoms with E-state index in [1.807, 2.05) is 72.4 Å². The smallest absolute Gasteiger partial charge is 0.259 e. The maximum atomic E-state index is 13.5. The summed E-state index contributed by atoms with van der Waals surface area (Å²) in [5.74, 6) is -0.0374. The fourth-order valence-corrected chi connectivity index (χ4v) is 3.89. The molecule has 4 rings (SSSR count). The van der Waals surface area contributed by atoms with E-state index in [0.29, 0.717) is 18.7 Å². The topological polar surface area (TPSA) is 51.0 Å². The molecule has 136 valence electrons. The van der Waals surface area contributed by atoms with Gasteiger partial charge in [-0.15, -0.1) is 11.3 Å². The van der Waals surface area contributed by atoms with Gasteiger partial charge in [0, 0.05) is 18.8 Å². The van der Waals surface area contributed by atoms with Gasteiger partial charge in [-0.3, -0.25) is 4.79 Å². The first-order valence-corrected chi connectivity index (χ1v) is 9.88. The standard InChI is InChI=1S/C21H20N4OS/c1-3-24(15-9-6-5-7-10-15)21(26)16-13-18(19-11-8-12-27-19)23-20-17(16)14-22-25(20)4-2/h5-14H,3-4H2,1-2H3. The molecule has 0 aliphatic carbocycles. The van der Waals surface area contributed by atoms with Crippen molar-refractivity contribution in [3.8, 4) is 10.6 Å². The van der Waals surface area contributed by atoms with E-state index in [9.17, 15) is 4.79 Å². The molecule has 0 N–H and O–H groups in total. The lowest BCUT2D eigenvalue weighted by Gasteiger charge is -2.21. The van der Waals surface area contributed by atoms with Gasteiger partial charge in [0.1, 0.15) is 0 Å². The van der Waals surface area contributed by atoms with E-state index in [2.05, 4.69) is 5.10 Å². The van der Waals surface area contributed by atoms with E-state index < -0.39 is 0 Å². The van der Waals surface area contributed by atoms with E-state index in [1.165, 1.54) is 0 Å². The van der Waals surface area contributed by atoms with E-state index in [4.69, 9.17) is 4.98 Å². The Kier molecular flexibility index (Phi) is 4.73. The van der Waals surface area contributed by atoms with Crippen LogP contribution in [0.2, 0.25) is 0 Å². The van der Waals surface area contributed by atoms with Crippen LogP contribution in [0.4, 0.5) is 5.69 Å². The van der Waals surface area contributed by atoms with Gasteiger partial charge in [0.2, 0.25) is 0 Å².